The third-order valence-electron chi connectivity index (χ3n) is 3.14. The van der Waals surface area contributed by atoms with Gasteiger partial charge in [-0.25, -0.2) is 0 Å². The maximum Gasteiger partial charge on any atom is 0.150 e. The van der Waals surface area contributed by atoms with Crippen molar-refractivity contribution in [1.82, 2.24) is 0 Å². The highest BCUT2D eigenvalue weighted by Crippen LogP contribution is 2.35. The van der Waals surface area contributed by atoms with Gasteiger partial charge in [0.05, 0.1) is 4.88 Å². The summed E-state index contributed by atoms with van der Waals surface area (Å²) in [6.45, 7) is 4.10. The maximum absolute atomic E-state index is 9.28. The van der Waals surface area contributed by atoms with Crippen molar-refractivity contribution in [3.8, 4) is 0 Å². The molecule has 0 fully saturated rings. The Labute approximate surface area is 113 Å². The summed E-state index contributed by atoms with van der Waals surface area (Å²) in [5.74, 6) is 0. The van der Waals surface area contributed by atoms with Crippen LogP contribution >= 0.6 is 11.3 Å². The molecule has 4 nitrogen and oxygen atoms in total. The average molecular weight is 270 g/mol. The molecule has 1 aliphatic rings. The molecule has 2 N–H and O–H groups in total. The summed E-state index contributed by atoms with van der Waals surface area (Å²) in [6, 6.07) is 9.38. The zero-order valence-corrected chi connectivity index (χ0v) is 10.7. The number of thiophene rings is 1. The second kappa shape index (κ2) is 4.37. The van der Waals surface area contributed by atoms with Gasteiger partial charge in [0, 0.05) is 11.1 Å². The number of rotatable bonds is 0. The quantitative estimate of drug-likeness (QED) is 0.570. The third kappa shape index (κ3) is 1.59. The molecule has 0 radical (unpaired) electrons. The normalized spacial score (nSPS) is 18.2. The number of benzene rings is 1. The van der Waals surface area contributed by atoms with E-state index in [-0.39, 0.29) is 11.4 Å². The Morgan fingerprint density at radius 3 is 2.26 bits per heavy atom. The van der Waals surface area contributed by atoms with E-state index < -0.39 is 0 Å². The minimum absolute atomic E-state index is 0.250. The molecule has 2 aromatic rings. The average Bonchev–Trinajstić information content (AvgIpc) is 2.89. The molecule has 0 saturated carbocycles. The standard InChI is InChI=1S/C14H10N2O2S/c1-8-9-4-2-3-5-11(9)12(15-17)13(16-18)14-10(8)6-7-19-14/h2-7,17-18H,1H2. The van der Waals surface area contributed by atoms with E-state index >= 15 is 0 Å². The van der Waals surface area contributed by atoms with Gasteiger partial charge in [0.1, 0.15) is 11.4 Å². The van der Waals surface area contributed by atoms with Crippen LogP contribution in [0, 0.1) is 0 Å². The monoisotopic (exact) mass is 270 g/mol. The van der Waals surface area contributed by atoms with Crippen molar-refractivity contribution in [2.24, 2.45) is 10.3 Å². The lowest BCUT2D eigenvalue weighted by Crippen LogP contribution is -2.16. The van der Waals surface area contributed by atoms with Crippen molar-refractivity contribution in [3.05, 3.63) is 63.9 Å². The van der Waals surface area contributed by atoms with Crippen LogP contribution in [0.3, 0.4) is 0 Å². The summed E-state index contributed by atoms with van der Waals surface area (Å²) < 4.78 is 0. The number of fused-ring (bicyclic) bond motifs is 2. The Kier molecular flexibility index (Phi) is 2.68. The number of oxime groups is 2. The van der Waals surface area contributed by atoms with Crippen LogP contribution in [0.25, 0.3) is 5.57 Å². The maximum atomic E-state index is 9.28. The molecule has 0 bridgehead atoms. The first-order chi connectivity index (χ1) is 9.27. The predicted molar refractivity (Wildman–Crippen MR) is 75.5 cm³/mol. The zero-order chi connectivity index (χ0) is 13.4. The Hall–Kier alpha value is -2.40. The van der Waals surface area contributed by atoms with E-state index in [9.17, 15) is 10.4 Å². The highest BCUT2D eigenvalue weighted by Gasteiger charge is 2.28. The van der Waals surface area contributed by atoms with Crippen molar-refractivity contribution in [3.63, 3.8) is 0 Å². The van der Waals surface area contributed by atoms with Crippen LogP contribution in [0.15, 0.2) is 52.6 Å². The SMILES string of the molecule is C=C1c2ccccc2C(=NO)C(=NO)c2sccc21. The van der Waals surface area contributed by atoms with Gasteiger partial charge < -0.3 is 10.4 Å². The smallest absolute Gasteiger partial charge is 0.150 e. The molecular formula is C14H10N2O2S. The molecule has 0 atom stereocenters. The zero-order valence-electron chi connectivity index (χ0n) is 9.87. The fraction of sp³-hybridized carbons (Fsp3) is 0. The van der Waals surface area contributed by atoms with E-state index in [0.29, 0.717) is 5.56 Å². The molecule has 3 rings (SSSR count). The van der Waals surface area contributed by atoms with Crippen LogP contribution in [-0.4, -0.2) is 21.8 Å². The topological polar surface area (TPSA) is 65.2 Å². The summed E-state index contributed by atoms with van der Waals surface area (Å²) in [6.07, 6.45) is 0. The number of nitrogens with zero attached hydrogens (tertiary/aromatic N) is 2. The van der Waals surface area contributed by atoms with Gasteiger partial charge in [-0.1, -0.05) is 41.2 Å². The van der Waals surface area contributed by atoms with Crippen LogP contribution < -0.4 is 0 Å². The Bertz CT molecular complexity index is 729. The molecule has 1 aromatic carbocycles. The fourth-order valence-electron chi connectivity index (χ4n) is 2.26. The molecule has 0 saturated heterocycles. The first-order valence-electron chi connectivity index (χ1n) is 5.59. The summed E-state index contributed by atoms with van der Waals surface area (Å²) in [5, 5.41) is 27.1. The van der Waals surface area contributed by atoms with Gasteiger partial charge in [0.25, 0.3) is 0 Å². The summed E-state index contributed by atoms with van der Waals surface area (Å²) in [7, 11) is 0. The number of hydrogen-bond acceptors (Lipinski definition) is 5. The van der Waals surface area contributed by atoms with Crippen LogP contribution in [-0.2, 0) is 0 Å². The van der Waals surface area contributed by atoms with Gasteiger partial charge >= 0.3 is 0 Å². The first kappa shape index (κ1) is 11.7. The van der Waals surface area contributed by atoms with Crippen LogP contribution in [0.5, 0.6) is 0 Å². The summed E-state index contributed by atoms with van der Waals surface area (Å²) in [5.41, 5.74) is 3.80. The molecule has 0 amide bonds. The molecule has 5 heteroatoms. The Morgan fingerprint density at radius 2 is 1.58 bits per heavy atom. The van der Waals surface area contributed by atoms with E-state index in [1.807, 2.05) is 35.7 Å². The van der Waals surface area contributed by atoms with Gasteiger partial charge in [0.2, 0.25) is 0 Å². The Morgan fingerprint density at radius 1 is 0.895 bits per heavy atom. The number of hydrogen-bond donors (Lipinski definition) is 2. The molecule has 1 heterocycles. The van der Waals surface area contributed by atoms with Gasteiger partial charge in [-0.15, -0.1) is 11.3 Å². The molecule has 19 heavy (non-hydrogen) atoms. The van der Waals surface area contributed by atoms with E-state index in [1.165, 1.54) is 11.3 Å². The van der Waals surface area contributed by atoms with E-state index in [1.54, 1.807) is 0 Å². The van der Waals surface area contributed by atoms with Gasteiger partial charge in [-0.05, 0) is 22.6 Å². The molecule has 1 aliphatic carbocycles. The minimum atomic E-state index is 0.250. The fourth-order valence-corrected chi connectivity index (χ4v) is 3.16. The lowest BCUT2D eigenvalue weighted by molar-refractivity contribution is 0.314. The predicted octanol–water partition coefficient (Wildman–Crippen LogP) is 3.18. The van der Waals surface area contributed by atoms with Crippen molar-refractivity contribution in [2.45, 2.75) is 0 Å². The molecule has 0 spiro atoms. The van der Waals surface area contributed by atoms with Gasteiger partial charge in [0.15, 0.2) is 0 Å². The van der Waals surface area contributed by atoms with E-state index in [4.69, 9.17) is 0 Å². The van der Waals surface area contributed by atoms with Crippen LogP contribution in [0.1, 0.15) is 21.6 Å². The van der Waals surface area contributed by atoms with Crippen LogP contribution in [0.2, 0.25) is 0 Å². The highest BCUT2D eigenvalue weighted by molar-refractivity contribution is 7.13. The Balaban J connectivity index is 2.42. The van der Waals surface area contributed by atoms with Crippen molar-refractivity contribution in [1.29, 1.82) is 0 Å². The van der Waals surface area contributed by atoms with Gasteiger partial charge in [-0.3, -0.25) is 0 Å². The lowest BCUT2D eigenvalue weighted by Gasteiger charge is -2.07. The first-order valence-corrected chi connectivity index (χ1v) is 6.47. The van der Waals surface area contributed by atoms with Crippen LogP contribution in [0.4, 0.5) is 0 Å². The summed E-state index contributed by atoms with van der Waals surface area (Å²) >= 11 is 1.42. The molecule has 1 aromatic heterocycles. The summed E-state index contributed by atoms with van der Waals surface area (Å²) in [4.78, 5) is 0.747. The van der Waals surface area contributed by atoms with Crippen molar-refractivity contribution >= 4 is 28.3 Å². The molecule has 0 aliphatic heterocycles. The van der Waals surface area contributed by atoms with E-state index in [0.717, 1.165) is 21.6 Å². The second-order valence-electron chi connectivity index (χ2n) is 4.08. The minimum Gasteiger partial charge on any atom is -0.410 e. The van der Waals surface area contributed by atoms with E-state index in [2.05, 4.69) is 16.9 Å². The molecule has 94 valence electrons. The third-order valence-corrected chi connectivity index (χ3v) is 4.06. The van der Waals surface area contributed by atoms with Crippen molar-refractivity contribution in [2.75, 3.05) is 0 Å². The highest BCUT2D eigenvalue weighted by atomic mass is 32.1. The molecule has 0 unspecified atom stereocenters. The lowest BCUT2D eigenvalue weighted by atomic mass is 9.97. The largest absolute Gasteiger partial charge is 0.410 e. The molecular weight excluding hydrogens is 260 g/mol. The van der Waals surface area contributed by atoms with Gasteiger partial charge in [-0.2, -0.15) is 0 Å². The van der Waals surface area contributed by atoms with Crippen molar-refractivity contribution < 1.29 is 10.4 Å². The second-order valence-corrected chi connectivity index (χ2v) is 5.00.